The van der Waals surface area contributed by atoms with E-state index in [4.69, 9.17) is 5.11 Å². The van der Waals surface area contributed by atoms with Gasteiger partial charge in [-0.05, 0) is 37.2 Å². The highest BCUT2D eigenvalue weighted by atomic mass is 16.4. The zero-order chi connectivity index (χ0) is 11.4. The molecule has 1 aliphatic carbocycles. The van der Waals surface area contributed by atoms with Gasteiger partial charge >= 0.3 is 6.09 Å². The maximum absolute atomic E-state index is 10.5. The summed E-state index contributed by atoms with van der Waals surface area (Å²) in [6.07, 6.45) is 3.24. The fourth-order valence-corrected chi connectivity index (χ4v) is 2.51. The molecule has 1 fully saturated rings. The van der Waals surface area contributed by atoms with Gasteiger partial charge in [-0.1, -0.05) is 30.3 Å². The third-order valence-corrected chi connectivity index (χ3v) is 3.24. The summed E-state index contributed by atoms with van der Waals surface area (Å²) in [5.74, 6) is 0.624. The molecular formula is C13H17NO2. The van der Waals surface area contributed by atoms with E-state index in [1.165, 1.54) is 5.56 Å². The Morgan fingerprint density at radius 3 is 2.75 bits per heavy atom. The molecule has 0 aliphatic heterocycles. The van der Waals surface area contributed by atoms with Crippen molar-refractivity contribution in [2.75, 3.05) is 0 Å². The van der Waals surface area contributed by atoms with E-state index in [1.54, 1.807) is 0 Å². The standard InChI is InChI=1S/C13H17NO2/c15-13(16)14-12-7-6-11(9-12)8-10-4-2-1-3-5-10/h1-5,11-12,14H,6-9H2,(H,15,16)/t11-,12-/m1/s1. The number of carbonyl (C=O) groups is 1. The number of rotatable bonds is 3. The molecule has 0 heterocycles. The molecule has 0 unspecified atom stereocenters. The number of nitrogens with one attached hydrogen (secondary N) is 1. The van der Waals surface area contributed by atoms with E-state index in [1.807, 2.05) is 6.07 Å². The van der Waals surface area contributed by atoms with Crippen LogP contribution in [0, 0.1) is 5.92 Å². The minimum atomic E-state index is -0.898. The molecule has 16 heavy (non-hydrogen) atoms. The Hall–Kier alpha value is -1.51. The molecule has 0 aromatic heterocycles. The lowest BCUT2D eigenvalue weighted by Crippen LogP contribution is -2.31. The number of carboxylic acid groups (broad SMARTS) is 1. The predicted octanol–water partition coefficient (Wildman–Crippen LogP) is 2.67. The summed E-state index contributed by atoms with van der Waals surface area (Å²) in [4.78, 5) is 10.5. The van der Waals surface area contributed by atoms with E-state index in [-0.39, 0.29) is 6.04 Å². The van der Waals surface area contributed by atoms with Crippen molar-refractivity contribution >= 4 is 6.09 Å². The summed E-state index contributed by atoms with van der Waals surface area (Å²) in [7, 11) is 0. The first-order valence-electron chi connectivity index (χ1n) is 5.77. The van der Waals surface area contributed by atoms with Crippen LogP contribution in [0.3, 0.4) is 0 Å². The Kier molecular flexibility index (Phi) is 3.44. The average molecular weight is 219 g/mol. The van der Waals surface area contributed by atoms with Crippen molar-refractivity contribution in [2.45, 2.75) is 31.7 Å². The lowest BCUT2D eigenvalue weighted by atomic mass is 9.98. The number of amides is 1. The lowest BCUT2D eigenvalue weighted by Gasteiger charge is -2.11. The molecule has 0 saturated heterocycles. The van der Waals surface area contributed by atoms with E-state index in [0.29, 0.717) is 5.92 Å². The van der Waals surface area contributed by atoms with Gasteiger partial charge in [0.15, 0.2) is 0 Å². The van der Waals surface area contributed by atoms with Crippen molar-refractivity contribution in [1.29, 1.82) is 0 Å². The maximum Gasteiger partial charge on any atom is 0.404 e. The second kappa shape index (κ2) is 5.01. The van der Waals surface area contributed by atoms with Gasteiger partial charge in [0.05, 0.1) is 0 Å². The van der Waals surface area contributed by atoms with Crippen LogP contribution in [0.4, 0.5) is 4.79 Å². The van der Waals surface area contributed by atoms with Crippen molar-refractivity contribution in [3.63, 3.8) is 0 Å². The van der Waals surface area contributed by atoms with Gasteiger partial charge < -0.3 is 10.4 Å². The van der Waals surface area contributed by atoms with Crippen LogP contribution < -0.4 is 5.32 Å². The topological polar surface area (TPSA) is 49.3 Å². The normalized spacial score (nSPS) is 24.2. The molecule has 0 spiro atoms. The third-order valence-electron chi connectivity index (χ3n) is 3.24. The fraction of sp³-hybridized carbons (Fsp3) is 0.462. The van der Waals surface area contributed by atoms with Gasteiger partial charge in [-0.15, -0.1) is 0 Å². The summed E-state index contributed by atoms with van der Waals surface area (Å²) >= 11 is 0. The average Bonchev–Trinajstić information content (AvgIpc) is 2.66. The van der Waals surface area contributed by atoms with Gasteiger partial charge in [0, 0.05) is 6.04 Å². The van der Waals surface area contributed by atoms with Gasteiger partial charge in [-0.25, -0.2) is 4.79 Å². The largest absolute Gasteiger partial charge is 0.465 e. The number of benzene rings is 1. The molecule has 2 rings (SSSR count). The second-order valence-corrected chi connectivity index (χ2v) is 4.52. The minimum Gasteiger partial charge on any atom is -0.465 e. The van der Waals surface area contributed by atoms with E-state index in [0.717, 1.165) is 25.7 Å². The van der Waals surface area contributed by atoms with Crippen LogP contribution in [0.1, 0.15) is 24.8 Å². The highest BCUT2D eigenvalue weighted by molar-refractivity contribution is 5.64. The monoisotopic (exact) mass is 219 g/mol. The van der Waals surface area contributed by atoms with Crippen LogP contribution >= 0.6 is 0 Å². The zero-order valence-corrected chi connectivity index (χ0v) is 9.23. The highest BCUT2D eigenvalue weighted by Gasteiger charge is 2.25. The second-order valence-electron chi connectivity index (χ2n) is 4.52. The van der Waals surface area contributed by atoms with Gasteiger partial charge in [0.1, 0.15) is 0 Å². The first kappa shape index (κ1) is 11.0. The molecule has 1 aliphatic rings. The van der Waals surface area contributed by atoms with Crippen LogP contribution in [0.15, 0.2) is 30.3 Å². The van der Waals surface area contributed by atoms with Crippen molar-refractivity contribution in [3.8, 4) is 0 Å². The lowest BCUT2D eigenvalue weighted by molar-refractivity contribution is 0.189. The molecule has 86 valence electrons. The minimum absolute atomic E-state index is 0.159. The molecule has 1 aromatic rings. The molecule has 3 heteroatoms. The van der Waals surface area contributed by atoms with Crippen LogP contribution in [0.2, 0.25) is 0 Å². The Balaban J connectivity index is 1.83. The first-order chi connectivity index (χ1) is 7.74. The predicted molar refractivity (Wildman–Crippen MR) is 62.4 cm³/mol. The highest BCUT2D eigenvalue weighted by Crippen LogP contribution is 2.28. The van der Waals surface area contributed by atoms with Crippen LogP contribution in [0.25, 0.3) is 0 Å². The summed E-state index contributed by atoms with van der Waals surface area (Å²) < 4.78 is 0. The summed E-state index contributed by atoms with van der Waals surface area (Å²) in [5.41, 5.74) is 1.35. The smallest absolute Gasteiger partial charge is 0.404 e. The molecule has 1 aromatic carbocycles. The van der Waals surface area contributed by atoms with Crippen molar-refractivity contribution < 1.29 is 9.90 Å². The Morgan fingerprint density at radius 2 is 2.06 bits per heavy atom. The van der Waals surface area contributed by atoms with Gasteiger partial charge in [0.25, 0.3) is 0 Å². The van der Waals surface area contributed by atoms with E-state index in [2.05, 4.69) is 29.6 Å². The van der Waals surface area contributed by atoms with Gasteiger partial charge in [-0.2, -0.15) is 0 Å². The quantitative estimate of drug-likeness (QED) is 0.821. The molecule has 2 N–H and O–H groups in total. The Morgan fingerprint density at radius 1 is 1.31 bits per heavy atom. The zero-order valence-electron chi connectivity index (χ0n) is 9.23. The van der Waals surface area contributed by atoms with Crippen LogP contribution in [-0.2, 0) is 6.42 Å². The van der Waals surface area contributed by atoms with Crippen LogP contribution in [-0.4, -0.2) is 17.2 Å². The number of hydrogen-bond donors (Lipinski definition) is 2. The molecule has 1 saturated carbocycles. The van der Waals surface area contributed by atoms with Crippen molar-refractivity contribution in [3.05, 3.63) is 35.9 Å². The molecule has 2 atom stereocenters. The maximum atomic E-state index is 10.5. The van der Waals surface area contributed by atoms with Gasteiger partial charge in [0.2, 0.25) is 0 Å². The molecule has 0 radical (unpaired) electrons. The Bertz CT molecular complexity index is 350. The summed E-state index contributed by atoms with van der Waals surface area (Å²) in [6, 6.07) is 10.6. The van der Waals surface area contributed by atoms with E-state index >= 15 is 0 Å². The number of hydrogen-bond acceptors (Lipinski definition) is 1. The van der Waals surface area contributed by atoms with E-state index in [9.17, 15) is 4.79 Å². The van der Waals surface area contributed by atoms with E-state index < -0.39 is 6.09 Å². The SMILES string of the molecule is O=C(O)N[C@@H]1CC[C@H](Cc2ccccc2)C1. The third kappa shape index (κ3) is 2.99. The first-order valence-corrected chi connectivity index (χ1v) is 5.77. The molecule has 1 amide bonds. The van der Waals surface area contributed by atoms with Gasteiger partial charge in [-0.3, -0.25) is 0 Å². The molecule has 0 bridgehead atoms. The van der Waals surface area contributed by atoms with Crippen molar-refractivity contribution in [1.82, 2.24) is 5.32 Å². The summed E-state index contributed by atoms with van der Waals surface area (Å²) in [6.45, 7) is 0. The van der Waals surface area contributed by atoms with Crippen LogP contribution in [0.5, 0.6) is 0 Å². The summed E-state index contributed by atoms with van der Waals surface area (Å²) in [5, 5.41) is 11.2. The van der Waals surface area contributed by atoms with Crippen molar-refractivity contribution in [2.24, 2.45) is 5.92 Å². The Labute approximate surface area is 95.5 Å². The molecular weight excluding hydrogens is 202 g/mol. The fourth-order valence-electron chi connectivity index (χ4n) is 2.51. The molecule has 3 nitrogen and oxygen atoms in total.